The third kappa shape index (κ3) is 2.65. The first-order valence-corrected chi connectivity index (χ1v) is 6.78. The van der Waals surface area contributed by atoms with Crippen LogP contribution in [0.1, 0.15) is 5.56 Å². The van der Waals surface area contributed by atoms with Crippen molar-refractivity contribution in [1.82, 2.24) is 19.7 Å². The number of methoxy groups -OCH3 is 1. The molecule has 0 spiro atoms. The standard InChI is InChI=1S/C15H17N5O/c1-20-15-12(9-19-20)14(17-10-18-15)16-8-7-11-5-3-4-6-13(11)21-2/h3-6,9-10H,7-8H2,1-2H3,(H,16,17,18). The summed E-state index contributed by atoms with van der Waals surface area (Å²) in [5.74, 6) is 1.72. The van der Waals surface area contributed by atoms with E-state index in [1.807, 2.05) is 25.2 Å². The average Bonchev–Trinajstić information content (AvgIpc) is 2.90. The van der Waals surface area contributed by atoms with Crippen LogP contribution in [0.15, 0.2) is 36.8 Å². The number of fused-ring (bicyclic) bond motifs is 1. The summed E-state index contributed by atoms with van der Waals surface area (Å²) in [6, 6.07) is 8.03. The third-order valence-electron chi connectivity index (χ3n) is 3.41. The van der Waals surface area contributed by atoms with Gasteiger partial charge in [0, 0.05) is 13.6 Å². The van der Waals surface area contributed by atoms with Gasteiger partial charge in [-0.3, -0.25) is 4.68 Å². The fraction of sp³-hybridized carbons (Fsp3) is 0.267. The lowest BCUT2D eigenvalue weighted by molar-refractivity contribution is 0.410. The molecule has 0 aliphatic rings. The normalized spacial score (nSPS) is 10.8. The van der Waals surface area contributed by atoms with Gasteiger partial charge >= 0.3 is 0 Å². The fourth-order valence-corrected chi connectivity index (χ4v) is 2.33. The Labute approximate surface area is 122 Å². The predicted octanol–water partition coefficient (Wildman–Crippen LogP) is 2.03. The summed E-state index contributed by atoms with van der Waals surface area (Å²) in [7, 11) is 3.56. The highest BCUT2D eigenvalue weighted by Crippen LogP contribution is 2.20. The predicted molar refractivity (Wildman–Crippen MR) is 81.5 cm³/mol. The maximum Gasteiger partial charge on any atom is 0.163 e. The van der Waals surface area contributed by atoms with Crippen LogP contribution in [-0.4, -0.2) is 33.4 Å². The van der Waals surface area contributed by atoms with Gasteiger partial charge in [0.05, 0.1) is 18.7 Å². The van der Waals surface area contributed by atoms with Crippen molar-refractivity contribution < 1.29 is 4.74 Å². The number of rotatable bonds is 5. The highest BCUT2D eigenvalue weighted by molar-refractivity contribution is 5.85. The van der Waals surface area contributed by atoms with E-state index in [0.29, 0.717) is 0 Å². The molecular formula is C15H17N5O. The molecule has 2 heterocycles. The minimum atomic E-state index is 0.765. The molecule has 1 aromatic carbocycles. The van der Waals surface area contributed by atoms with Crippen LogP contribution in [0.2, 0.25) is 0 Å². The van der Waals surface area contributed by atoms with E-state index in [9.17, 15) is 0 Å². The molecule has 0 unspecified atom stereocenters. The number of hydrogen-bond donors (Lipinski definition) is 1. The smallest absolute Gasteiger partial charge is 0.163 e. The Kier molecular flexibility index (Phi) is 3.68. The molecule has 0 radical (unpaired) electrons. The van der Waals surface area contributed by atoms with Gasteiger partial charge in [-0.25, -0.2) is 9.97 Å². The highest BCUT2D eigenvalue weighted by Gasteiger charge is 2.07. The largest absolute Gasteiger partial charge is 0.496 e. The summed E-state index contributed by atoms with van der Waals surface area (Å²) in [5.41, 5.74) is 1.99. The zero-order valence-corrected chi connectivity index (χ0v) is 12.1. The first-order valence-electron chi connectivity index (χ1n) is 6.78. The number of para-hydroxylation sites is 1. The van der Waals surface area contributed by atoms with Crippen LogP contribution in [0, 0.1) is 0 Å². The second kappa shape index (κ2) is 5.78. The summed E-state index contributed by atoms with van der Waals surface area (Å²) in [5, 5.41) is 8.48. The lowest BCUT2D eigenvalue weighted by Crippen LogP contribution is -2.07. The Morgan fingerprint density at radius 1 is 1.24 bits per heavy atom. The Balaban J connectivity index is 1.72. The van der Waals surface area contributed by atoms with Gasteiger partial charge in [0.1, 0.15) is 17.9 Å². The van der Waals surface area contributed by atoms with Gasteiger partial charge in [0.25, 0.3) is 0 Å². The molecule has 6 heteroatoms. The number of ether oxygens (including phenoxy) is 1. The van der Waals surface area contributed by atoms with Crippen molar-refractivity contribution in [2.24, 2.45) is 7.05 Å². The van der Waals surface area contributed by atoms with Gasteiger partial charge in [-0.15, -0.1) is 0 Å². The first kappa shape index (κ1) is 13.4. The van der Waals surface area contributed by atoms with Crippen molar-refractivity contribution in [2.45, 2.75) is 6.42 Å². The van der Waals surface area contributed by atoms with E-state index in [1.54, 1.807) is 24.3 Å². The second-order valence-corrected chi connectivity index (χ2v) is 4.72. The zero-order chi connectivity index (χ0) is 14.7. The summed E-state index contributed by atoms with van der Waals surface area (Å²) < 4.78 is 7.09. The van der Waals surface area contributed by atoms with Crippen LogP contribution in [0.3, 0.4) is 0 Å². The van der Waals surface area contributed by atoms with Crippen molar-refractivity contribution in [3.05, 3.63) is 42.4 Å². The quantitative estimate of drug-likeness (QED) is 0.776. The maximum absolute atomic E-state index is 5.35. The summed E-state index contributed by atoms with van der Waals surface area (Å²) in [4.78, 5) is 8.51. The van der Waals surface area contributed by atoms with Crippen LogP contribution >= 0.6 is 0 Å². The number of nitrogens with zero attached hydrogens (tertiary/aromatic N) is 4. The number of nitrogens with one attached hydrogen (secondary N) is 1. The lowest BCUT2D eigenvalue weighted by atomic mass is 10.1. The fourth-order valence-electron chi connectivity index (χ4n) is 2.33. The number of aryl methyl sites for hydroxylation is 1. The number of aromatic nitrogens is 4. The van der Waals surface area contributed by atoms with Crippen molar-refractivity contribution >= 4 is 16.9 Å². The van der Waals surface area contributed by atoms with Crippen LogP contribution in [-0.2, 0) is 13.5 Å². The molecule has 1 N–H and O–H groups in total. The third-order valence-corrected chi connectivity index (χ3v) is 3.41. The summed E-state index contributed by atoms with van der Waals surface area (Å²) >= 11 is 0. The molecule has 3 aromatic rings. The SMILES string of the molecule is COc1ccccc1CCNc1ncnc2c1cnn2C. The lowest BCUT2D eigenvalue weighted by Gasteiger charge is -2.09. The van der Waals surface area contributed by atoms with E-state index in [2.05, 4.69) is 26.4 Å². The van der Waals surface area contributed by atoms with Gasteiger partial charge < -0.3 is 10.1 Å². The molecular weight excluding hydrogens is 266 g/mol. The molecule has 0 atom stereocenters. The first-order chi connectivity index (χ1) is 10.3. The van der Waals surface area contributed by atoms with E-state index >= 15 is 0 Å². The number of benzene rings is 1. The molecule has 0 saturated carbocycles. The van der Waals surface area contributed by atoms with Crippen LogP contribution in [0.25, 0.3) is 11.0 Å². The van der Waals surface area contributed by atoms with E-state index < -0.39 is 0 Å². The van der Waals surface area contributed by atoms with Crippen molar-refractivity contribution in [3.63, 3.8) is 0 Å². The summed E-state index contributed by atoms with van der Waals surface area (Å²) in [6.07, 6.45) is 4.19. The molecule has 3 rings (SSSR count). The van der Waals surface area contributed by atoms with Gasteiger partial charge in [-0.2, -0.15) is 5.10 Å². The van der Waals surface area contributed by atoms with Crippen molar-refractivity contribution in [3.8, 4) is 5.75 Å². The Morgan fingerprint density at radius 2 is 2.10 bits per heavy atom. The number of anilines is 1. The van der Waals surface area contributed by atoms with Gasteiger partial charge in [-0.05, 0) is 18.1 Å². The maximum atomic E-state index is 5.35. The molecule has 0 bridgehead atoms. The van der Waals surface area contributed by atoms with Gasteiger partial charge in [0.2, 0.25) is 0 Å². The van der Waals surface area contributed by atoms with Crippen LogP contribution in [0.4, 0.5) is 5.82 Å². The molecule has 108 valence electrons. The van der Waals surface area contributed by atoms with E-state index in [0.717, 1.165) is 35.6 Å². The van der Waals surface area contributed by atoms with E-state index in [4.69, 9.17) is 4.74 Å². The molecule has 0 aliphatic heterocycles. The minimum absolute atomic E-state index is 0.765. The zero-order valence-electron chi connectivity index (χ0n) is 12.1. The second-order valence-electron chi connectivity index (χ2n) is 4.72. The van der Waals surface area contributed by atoms with Crippen LogP contribution in [0.5, 0.6) is 5.75 Å². The van der Waals surface area contributed by atoms with E-state index in [-0.39, 0.29) is 0 Å². The molecule has 0 fully saturated rings. The van der Waals surface area contributed by atoms with Gasteiger partial charge in [0.15, 0.2) is 5.65 Å². The molecule has 21 heavy (non-hydrogen) atoms. The Morgan fingerprint density at radius 3 is 2.95 bits per heavy atom. The Bertz CT molecular complexity index is 753. The molecule has 6 nitrogen and oxygen atoms in total. The minimum Gasteiger partial charge on any atom is -0.496 e. The molecule has 2 aromatic heterocycles. The monoisotopic (exact) mass is 283 g/mol. The van der Waals surface area contributed by atoms with Crippen molar-refractivity contribution in [2.75, 3.05) is 19.0 Å². The van der Waals surface area contributed by atoms with E-state index in [1.165, 1.54) is 5.56 Å². The Hall–Kier alpha value is -2.63. The highest BCUT2D eigenvalue weighted by atomic mass is 16.5. The van der Waals surface area contributed by atoms with Crippen molar-refractivity contribution in [1.29, 1.82) is 0 Å². The molecule has 0 saturated heterocycles. The summed E-state index contributed by atoms with van der Waals surface area (Å²) in [6.45, 7) is 0.765. The van der Waals surface area contributed by atoms with Crippen LogP contribution < -0.4 is 10.1 Å². The number of hydrogen-bond acceptors (Lipinski definition) is 5. The van der Waals surface area contributed by atoms with Gasteiger partial charge in [-0.1, -0.05) is 18.2 Å². The molecule has 0 amide bonds. The molecule has 0 aliphatic carbocycles. The topological polar surface area (TPSA) is 64.9 Å². The average molecular weight is 283 g/mol.